The van der Waals surface area contributed by atoms with Crippen LogP contribution >= 0.6 is 0 Å². The maximum absolute atomic E-state index is 13.1. The van der Waals surface area contributed by atoms with Crippen molar-refractivity contribution in [1.29, 1.82) is 0 Å². The minimum Gasteiger partial charge on any atom is -0.352 e. The Morgan fingerprint density at radius 3 is 2.67 bits per heavy atom. The normalized spacial score (nSPS) is 13.7. The number of aromatic nitrogens is 2. The fraction of sp³-hybridized carbons (Fsp3) is 0. The van der Waals surface area contributed by atoms with Crippen molar-refractivity contribution in [2.75, 3.05) is 5.32 Å². The molecule has 7 heteroatoms. The van der Waals surface area contributed by atoms with E-state index in [0.29, 0.717) is 0 Å². The molecule has 1 heterocycles. The highest BCUT2D eigenvalue weighted by atomic mass is 19.2. The molecule has 1 aromatic carbocycles. The van der Waals surface area contributed by atoms with Crippen LogP contribution in [0.1, 0.15) is 20.8 Å². The first-order valence-electron chi connectivity index (χ1n) is 5.89. The van der Waals surface area contributed by atoms with Crippen LogP contribution in [0.4, 0.5) is 14.5 Å². The van der Waals surface area contributed by atoms with Crippen LogP contribution in [0.25, 0.3) is 0 Å². The van der Waals surface area contributed by atoms with E-state index in [9.17, 15) is 18.4 Å². The van der Waals surface area contributed by atoms with E-state index in [2.05, 4.69) is 15.3 Å². The molecular formula is C14H7F2N3O2. The predicted molar refractivity (Wildman–Crippen MR) is 68.8 cm³/mol. The van der Waals surface area contributed by atoms with Gasteiger partial charge in [-0.25, -0.2) is 18.7 Å². The van der Waals surface area contributed by atoms with E-state index in [-0.39, 0.29) is 22.6 Å². The number of hydrogen-bond donors (Lipinski definition) is 1. The zero-order chi connectivity index (χ0) is 15.0. The molecule has 1 aromatic heterocycles. The molecule has 0 bridgehead atoms. The molecular weight excluding hydrogens is 280 g/mol. The maximum Gasteiger partial charge on any atom is 0.213 e. The van der Waals surface area contributed by atoms with Gasteiger partial charge in [-0.2, -0.15) is 0 Å². The molecule has 21 heavy (non-hydrogen) atoms. The van der Waals surface area contributed by atoms with Crippen LogP contribution in [0, 0.1) is 11.6 Å². The van der Waals surface area contributed by atoms with Gasteiger partial charge in [-0.05, 0) is 12.1 Å². The van der Waals surface area contributed by atoms with Crippen LogP contribution < -0.4 is 5.32 Å². The summed E-state index contributed by atoms with van der Waals surface area (Å²) >= 11 is 0. The molecule has 5 nitrogen and oxygen atoms in total. The Hall–Kier alpha value is -2.96. The number of fused-ring (bicyclic) bond motifs is 1. The van der Waals surface area contributed by atoms with Crippen molar-refractivity contribution >= 4 is 17.3 Å². The third kappa shape index (κ3) is 2.29. The van der Waals surface area contributed by atoms with Crippen molar-refractivity contribution < 1.29 is 18.4 Å². The maximum atomic E-state index is 13.1. The summed E-state index contributed by atoms with van der Waals surface area (Å²) in [7, 11) is 0. The molecule has 1 N–H and O–H groups in total. The zero-order valence-corrected chi connectivity index (χ0v) is 10.4. The number of carbonyl (C=O) groups is 2. The van der Waals surface area contributed by atoms with Gasteiger partial charge in [0.05, 0.1) is 11.3 Å². The summed E-state index contributed by atoms with van der Waals surface area (Å²) in [4.78, 5) is 31.5. The number of hydrogen-bond acceptors (Lipinski definition) is 5. The quantitative estimate of drug-likeness (QED) is 0.916. The second kappa shape index (κ2) is 4.86. The molecule has 0 saturated heterocycles. The van der Waals surface area contributed by atoms with Crippen molar-refractivity contribution in [3.05, 3.63) is 65.4 Å². The van der Waals surface area contributed by atoms with Gasteiger partial charge in [-0.1, -0.05) is 0 Å². The van der Waals surface area contributed by atoms with Gasteiger partial charge in [0.15, 0.2) is 11.6 Å². The molecule has 0 aliphatic heterocycles. The Labute approximate surface area is 117 Å². The summed E-state index contributed by atoms with van der Waals surface area (Å²) in [6, 6.07) is 3.07. The second-order valence-electron chi connectivity index (χ2n) is 4.29. The van der Waals surface area contributed by atoms with Crippen LogP contribution in [0.15, 0.2) is 42.5 Å². The molecule has 0 radical (unpaired) electrons. The molecule has 0 saturated carbocycles. The van der Waals surface area contributed by atoms with Crippen LogP contribution in [-0.4, -0.2) is 21.5 Å². The number of halogens is 2. The van der Waals surface area contributed by atoms with E-state index >= 15 is 0 Å². The Morgan fingerprint density at radius 1 is 1.10 bits per heavy atom. The lowest BCUT2D eigenvalue weighted by Gasteiger charge is -2.15. The van der Waals surface area contributed by atoms with Crippen LogP contribution in [-0.2, 0) is 0 Å². The van der Waals surface area contributed by atoms with Gasteiger partial charge in [0.25, 0.3) is 0 Å². The van der Waals surface area contributed by atoms with Crippen LogP contribution in [0.2, 0.25) is 0 Å². The van der Waals surface area contributed by atoms with Gasteiger partial charge in [-0.15, -0.1) is 0 Å². The summed E-state index contributed by atoms with van der Waals surface area (Å²) in [5.41, 5.74) is 0.191. The smallest absolute Gasteiger partial charge is 0.213 e. The van der Waals surface area contributed by atoms with E-state index in [1.165, 1.54) is 18.6 Å². The van der Waals surface area contributed by atoms with Gasteiger partial charge < -0.3 is 5.32 Å². The Balaban J connectivity index is 1.95. The highest BCUT2D eigenvalue weighted by Crippen LogP contribution is 2.21. The molecule has 3 rings (SSSR count). The van der Waals surface area contributed by atoms with Crippen molar-refractivity contribution in [3.63, 3.8) is 0 Å². The number of nitrogens with one attached hydrogen (secondary N) is 1. The fourth-order valence-corrected chi connectivity index (χ4v) is 1.92. The Morgan fingerprint density at radius 2 is 1.90 bits per heavy atom. The third-order valence-electron chi connectivity index (χ3n) is 2.91. The molecule has 0 atom stereocenters. The van der Waals surface area contributed by atoms with Gasteiger partial charge >= 0.3 is 0 Å². The van der Waals surface area contributed by atoms with E-state index < -0.39 is 23.2 Å². The number of carbonyl (C=O) groups excluding carboxylic acids is 2. The lowest BCUT2D eigenvalue weighted by Crippen LogP contribution is -2.23. The molecule has 0 amide bonds. The zero-order valence-electron chi connectivity index (χ0n) is 10.4. The second-order valence-corrected chi connectivity index (χ2v) is 4.29. The predicted octanol–water partition coefficient (Wildman–Crippen LogP) is 2.13. The van der Waals surface area contributed by atoms with E-state index in [1.54, 1.807) is 0 Å². The van der Waals surface area contributed by atoms with Crippen LogP contribution in [0.3, 0.4) is 0 Å². The number of Topliss-reactive ketones (excluding diaryl/α,β-unsaturated/α-hetero) is 1. The summed E-state index contributed by atoms with van der Waals surface area (Å²) in [6.45, 7) is 0. The van der Waals surface area contributed by atoms with E-state index in [1.807, 2.05) is 0 Å². The van der Waals surface area contributed by atoms with Crippen molar-refractivity contribution in [3.8, 4) is 0 Å². The largest absolute Gasteiger partial charge is 0.352 e. The van der Waals surface area contributed by atoms with E-state index in [0.717, 1.165) is 18.2 Å². The number of allylic oxidation sites excluding steroid dienone is 2. The number of anilines is 1. The number of rotatable bonds is 2. The average Bonchev–Trinajstić information content (AvgIpc) is 2.48. The SMILES string of the molecule is O=C1C(Nc2ccc(F)c(F)c2)=CC(=O)c2ncncc21. The van der Waals surface area contributed by atoms with Crippen LogP contribution in [0.5, 0.6) is 0 Å². The summed E-state index contributed by atoms with van der Waals surface area (Å²) in [6.07, 6.45) is 3.48. The van der Waals surface area contributed by atoms with E-state index in [4.69, 9.17) is 0 Å². The topological polar surface area (TPSA) is 72.0 Å². The molecule has 0 unspecified atom stereocenters. The first-order valence-corrected chi connectivity index (χ1v) is 5.89. The lowest BCUT2D eigenvalue weighted by molar-refractivity contribution is 0.0981. The Bertz CT molecular complexity index is 803. The van der Waals surface area contributed by atoms with Gasteiger partial charge in [0, 0.05) is 24.0 Å². The highest BCUT2D eigenvalue weighted by molar-refractivity contribution is 6.24. The lowest BCUT2D eigenvalue weighted by atomic mass is 9.98. The van der Waals surface area contributed by atoms with Gasteiger partial charge in [0.2, 0.25) is 11.6 Å². The first-order chi connectivity index (χ1) is 10.1. The number of benzene rings is 1. The Kier molecular flexibility index (Phi) is 3.02. The first kappa shape index (κ1) is 13.0. The average molecular weight is 287 g/mol. The van der Waals surface area contributed by atoms with Crippen molar-refractivity contribution in [2.45, 2.75) is 0 Å². The molecule has 104 valence electrons. The minimum absolute atomic E-state index is 0.0193. The number of nitrogens with zero attached hydrogens (tertiary/aromatic N) is 2. The molecule has 2 aromatic rings. The standard InChI is InChI=1S/C14H7F2N3O2/c15-9-2-1-7(3-10(9)16)19-11-4-12(20)13-8(14(11)21)5-17-6-18-13/h1-6,19H. The molecule has 1 aliphatic rings. The van der Waals surface area contributed by atoms with Gasteiger partial charge in [0.1, 0.15) is 12.0 Å². The fourth-order valence-electron chi connectivity index (χ4n) is 1.92. The van der Waals surface area contributed by atoms with Gasteiger partial charge in [-0.3, -0.25) is 9.59 Å². The number of ketones is 2. The highest BCUT2D eigenvalue weighted by Gasteiger charge is 2.27. The summed E-state index contributed by atoms with van der Waals surface area (Å²) in [5.74, 6) is -3.01. The molecule has 1 aliphatic carbocycles. The molecule has 0 fully saturated rings. The third-order valence-corrected chi connectivity index (χ3v) is 2.91. The molecule has 0 spiro atoms. The minimum atomic E-state index is -1.06. The summed E-state index contributed by atoms with van der Waals surface area (Å²) < 4.78 is 26.0. The van der Waals surface area contributed by atoms with Crippen molar-refractivity contribution in [2.24, 2.45) is 0 Å². The monoisotopic (exact) mass is 287 g/mol. The summed E-state index contributed by atoms with van der Waals surface area (Å²) in [5, 5.41) is 2.60. The van der Waals surface area contributed by atoms with Crippen molar-refractivity contribution in [1.82, 2.24) is 9.97 Å².